The predicted molar refractivity (Wildman–Crippen MR) is 63.2 cm³/mol. The normalized spacial score (nSPS) is 22.6. The maximum atomic E-state index is 12.2. The highest BCUT2D eigenvalue weighted by Crippen LogP contribution is 2.24. The van der Waals surface area contributed by atoms with Gasteiger partial charge < -0.3 is 5.11 Å². The zero-order valence-corrected chi connectivity index (χ0v) is 10.7. The van der Waals surface area contributed by atoms with Crippen molar-refractivity contribution >= 4 is 21.6 Å². The number of sulfonamides is 1. The van der Waals surface area contributed by atoms with Crippen LogP contribution in [0.2, 0.25) is 5.15 Å². The Bertz CT molecular complexity index is 506. The van der Waals surface area contributed by atoms with E-state index in [9.17, 15) is 13.5 Å². The summed E-state index contributed by atoms with van der Waals surface area (Å²) in [6, 6.07) is 2.95. The molecule has 1 fully saturated rings. The molecule has 5 nitrogen and oxygen atoms in total. The van der Waals surface area contributed by atoms with Crippen LogP contribution >= 0.6 is 11.6 Å². The van der Waals surface area contributed by atoms with Gasteiger partial charge in [0.1, 0.15) is 10.0 Å². The smallest absolute Gasteiger partial charge is 0.246 e. The van der Waals surface area contributed by atoms with Crippen molar-refractivity contribution in [3.63, 3.8) is 0 Å². The van der Waals surface area contributed by atoms with Crippen molar-refractivity contribution in [2.75, 3.05) is 13.1 Å². The Labute approximate surface area is 105 Å². The van der Waals surface area contributed by atoms with E-state index in [0.29, 0.717) is 19.4 Å². The largest absolute Gasteiger partial charge is 0.392 e. The van der Waals surface area contributed by atoms with Gasteiger partial charge in [0.15, 0.2) is 0 Å². The first kappa shape index (κ1) is 12.8. The first-order valence-electron chi connectivity index (χ1n) is 5.30. The third kappa shape index (κ3) is 2.60. The molecule has 94 valence electrons. The first-order chi connectivity index (χ1) is 8.01. The van der Waals surface area contributed by atoms with Crippen LogP contribution in [0.15, 0.2) is 23.2 Å². The summed E-state index contributed by atoms with van der Waals surface area (Å²) in [7, 11) is -3.65. The minimum Gasteiger partial charge on any atom is -0.392 e. The highest BCUT2D eigenvalue weighted by Gasteiger charge is 2.31. The molecule has 0 aromatic carbocycles. The van der Waals surface area contributed by atoms with Crippen molar-refractivity contribution in [2.45, 2.75) is 23.8 Å². The summed E-state index contributed by atoms with van der Waals surface area (Å²) >= 11 is 5.78. The second kappa shape index (κ2) is 4.89. The van der Waals surface area contributed by atoms with Crippen LogP contribution in [-0.2, 0) is 10.0 Å². The van der Waals surface area contributed by atoms with Gasteiger partial charge in [0.05, 0.1) is 6.10 Å². The van der Waals surface area contributed by atoms with Gasteiger partial charge >= 0.3 is 0 Å². The molecule has 2 rings (SSSR count). The second-order valence-corrected chi connectivity index (χ2v) is 6.22. The van der Waals surface area contributed by atoms with E-state index in [1.807, 2.05) is 0 Å². The van der Waals surface area contributed by atoms with E-state index in [4.69, 9.17) is 11.6 Å². The van der Waals surface area contributed by atoms with E-state index in [0.717, 1.165) is 0 Å². The molecular weight excluding hydrogens is 264 g/mol. The fourth-order valence-corrected chi connectivity index (χ4v) is 3.79. The predicted octanol–water partition coefficient (Wildman–Crippen LogP) is 0.880. The van der Waals surface area contributed by atoms with Crippen LogP contribution in [-0.4, -0.2) is 42.0 Å². The fourth-order valence-electron chi connectivity index (χ4n) is 1.84. The molecule has 2 heterocycles. The van der Waals surface area contributed by atoms with Crippen molar-refractivity contribution in [2.24, 2.45) is 0 Å². The van der Waals surface area contributed by atoms with Crippen molar-refractivity contribution in [3.05, 3.63) is 23.5 Å². The molecule has 0 spiro atoms. The maximum absolute atomic E-state index is 12.2. The van der Waals surface area contributed by atoms with Crippen molar-refractivity contribution < 1.29 is 13.5 Å². The monoisotopic (exact) mass is 276 g/mol. The lowest BCUT2D eigenvalue weighted by Crippen LogP contribution is -2.42. The SMILES string of the molecule is O=S(=O)(c1cccnc1Cl)N1CCC[C@H](O)C1. The molecule has 1 N–H and O–H groups in total. The molecule has 1 aliphatic heterocycles. The number of aliphatic hydroxyl groups is 1. The lowest BCUT2D eigenvalue weighted by Gasteiger charge is -2.29. The van der Waals surface area contributed by atoms with Crippen LogP contribution in [0.5, 0.6) is 0 Å². The topological polar surface area (TPSA) is 70.5 Å². The number of pyridine rings is 1. The molecule has 0 bridgehead atoms. The minimum atomic E-state index is -3.65. The average molecular weight is 277 g/mol. The van der Waals surface area contributed by atoms with Crippen molar-refractivity contribution in [1.82, 2.24) is 9.29 Å². The highest BCUT2D eigenvalue weighted by atomic mass is 35.5. The van der Waals surface area contributed by atoms with Gasteiger partial charge in [-0.25, -0.2) is 13.4 Å². The Hall–Kier alpha value is -0.690. The minimum absolute atomic E-state index is 0.00392. The van der Waals surface area contributed by atoms with Crippen LogP contribution in [0, 0.1) is 0 Å². The van der Waals surface area contributed by atoms with Crippen LogP contribution < -0.4 is 0 Å². The third-order valence-electron chi connectivity index (χ3n) is 2.70. The summed E-state index contributed by atoms with van der Waals surface area (Å²) < 4.78 is 25.7. The van der Waals surface area contributed by atoms with E-state index < -0.39 is 16.1 Å². The van der Waals surface area contributed by atoms with E-state index in [1.54, 1.807) is 0 Å². The molecule has 17 heavy (non-hydrogen) atoms. The zero-order valence-electron chi connectivity index (χ0n) is 9.08. The molecule has 0 amide bonds. The Balaban J connectivity index is 2.33. The Morgan fingerprint density at radius 2 is 2.29 bits per heavy atom. The summed E-state index contributed by atoms with van der Waals surface area (Å²) in [5, 5.41) is 9.47. The highest BCUT2D eigenvalue weighted by molar-refractivity contribution is 7.89. The number of aliphatic hydroxyl groups excluding tert-OH is 1. The fraction of sp³-hybridized carbons (Fsp3) is 0.500. The molecule has 0 radical (unpaired) electrons. The van der Waals surface area contributed by atoms with E-state index in [1.165, 1.54) is 22.6 Å². The number of aromatic nitrogens is 1. The van der Waals surface area contributed by atoms with Gasteiger partial charge in [-0.3, -0.25) is 0 Å². The third-order valence-corrected chi connectivity index (χ3v) is 5.01. The van der Waals surface area contributed by atoms with Gasteiger partial charge in [-0.15, -0.1) is 0 Å². The second-order valence-electron chi connectivity index (χ2n) is 3.95. The molecule has 0 saturated carbocycles. The van der Waals surface area contributed by atoms with Gasteiger partial charge in [-0.05, 0) is 25.0 Å². The van der Waals surface area contributed by atoms with Crippen LogP contribution in [0.25, 0.3) is 0 Å². The number of hydrogen-bond acceptors (Lipinski definition) is 4. The Morgan fingerprint density at radius 1 is 1.53 bits per heavy atom. The van der Waals surface area contributed by atoms with Gasteiger partial charge in [-0.2, -0.15) is 4.31 Å². The number of rotatable bonds is 2. The summed E-state index contributed by atoms with van der Waals surface area (Å²) in [5.41, 5.74) is 0. The summed E-state index contributed by atoms with van der Waals surface area (Å²) in [6.45, 7) is 0.526. The van der Waals surface area contributed by atoms with Gasteiger partial charge in [-0.1, -0.05) is 11.6 Å². The van der Waals surface area contributed by atoms with Crippen LogP contribution in [0.4, 0.5) is 0 Å². The average Bonchev–Trinajstić information content (AvgIpc) is 2.29. The number of nitrogens with zero attached hydrogens (tertiary/aromatic N) is 2. The standard InChI is InChI=1S/C10H13ClN2O3S/c11-10-9(4-1-5-12-10)17(15,16)13-6-2-3-8(14)7-13/h1,4-5,8,14H,2-3,6-7H2/t8-/m0/s1. The number of piperidine rings is 1. The molecule has 1 aromatic rings. The maximum Gasteiger partial charge on any atom is 0.246 e. The molecule has 1 aliphatic rings. The summed E-state index contributed by atoms with van der Waals surface area (Å²) in [5.74, 6) is 0. The molecule has 0 aliphatic carbocycles. The Kier molecular flexibility index (Phi) is 3.67. The van der Waals surface area contributed by atoms with E-state index in [-0.39, 0.29) is 16.6 Å². The zero-order chi connectivity index (χ0) is 12.5. The quantitative estimate of drug-likeness (QED) is 0.814. The van der Waals surface area contributed by atoms with E-state index in [2.05, 4.69) is 4.98 Å². The van der Waals surface area contributed by atoms with Crippen LogP contribution in [0.3, 0.4) is 0 Å². The van der Waals surface area contributed by atoms with Crippen molar-refractivity contribution in [3.8, 4) is 0 Å². The van der Waals surface area contributed by atoms with Crippen LogP contribution in [0.1, 0.15) is 12.8 Å². The molecular formula is C10H13ClN2O3S. The summed E-state index contributed by atoms with van der Waals surface area (Å²) in [4.78, 5) is 3.75. The molecule has 1 aromatic heterocycles. The Morgan fingerprint density at radius 3 is 2.94 bits per heavy atom. The number of hydrogen-bond donors (Lipinski definition) is 1. The molecule has 1 atom stereocenters. The lowest BCUT2D eigenvalue weighted by molar-refractivity contribution is 0.108. The van der Waals surface area contributed by atoms with Gasteiger partial charge in [0.2, 0.25) is 10.0 Å². The van der Waals surface area contributed by atoms with Gasteiger partial charge in [0.25, 0.3) is 0 Å². The first-order valence-corrected chi connectivity index (χ1v) is 7.12. The number of halogens is 1. The molecule has 1 saturated heterocycles. The lowest BCUT2D eigenvalue weighted by atomic mass is 10.1. The van der Waals surface area contributed by atoms with Crippen molar-refractivity contribution in [1.29, 1.82) is 0 Å². The van der Waals surface area contributed by atoms with Gasteiger partial charge in [0, 0.05) is 19.3 Å². The summed E-state index contributed by atoms with van der Waals surface area (Å²) in [6.07, 6.45) is 2.12. The van der Waals surface area contributed by atoms with E-state index >= 15 is 0 Å². The number of β-amino-alcohol motifs (C(OH)–C–C–N with tert-alkyl or cyclic N) is 1. The molecule has 0 unspecified atom stereocenters. The molecule has 7 heteroatoms.